The number of nitrogens with one attached hydrogen (secondary N) is 1. The maximum atomic E-state index is 14.5. The minimum Gasteiger partial charge on any atom is -0.337 e. The van der Waals surface area contributed by atoms with Crippen molar-refractivity contribution in [1.82, 2.24) is 9.80 Å². The summed E-state index contributed by atoms with van der Waals surface area (Å²) in [5.74, 6) is -0.543. The molecule has 4 rings (SSSR count). The Kier molecular flexibility index (Phi) is 8.16. The molecule has 2 amide bonds. The number of hydrogen-bond acceptors (Lipinski definition) is 3. The Balaban J connectivity index is 1.36. The number of carbonyl (C=O) groups excluding carboxylic acids is 2. The van der Waals surface area contributed by atoms with Gasteiger partial charge >= 0.3 is 0 Å². The van der Waals surface area contributed by atoms with Crippen LogP contribution < -0.4 is 5.32 Å². The van der Waals surface area contributed by atoms with Gasteiger partial charge in [0.15, 0.2) is 0 Å². The molecule has 1 saturated carbocycles. The first-order chi connectivity index (χ1) is 16.8. The lowest BCUT2D eigenvalue weighted by molar-refractivity contribution is -0.140. The minimum atomic E-state index is -0.405. The Hall–Kier alpha value is -2.80. The number of anilines is 1. The molecule has 1 N–H and O–H groups in total. The van der Waals surface area contributed by atoms with Crippen molar-refractivity contribution < 1.29 is 18.4 Å². The predicted octanol–water partition coefficient (Wildman–Crippen LogP) is 5.07. The van der Waals surface area contributed by atoms with Gasteiger partial charge in [0.2, 0.25) is 11.8 Å². The predicted molar refractivity (Wildman–Crippen MR) is 133 cm³/mol. The van der Waals surface area contributed by atoms with Crippen LogP contribution in [0.3, 0.4) is 0 Å². The maximum absolute atomic E-state index is 14.5. The molecule has 1 aliphatic heterocycles. The van der Waals surface area contributed by atoms with E-state index in [1.807, 2.05) is 11.8 Å². The highest BCUT2D eigenvalue weighted by molar-refractivity contribution is 5.91. The van der Waals surface area contributed by atoms with Crippen molar-refractivity contribution in [2.45, 2.75) is 65.0 Å². The molecule has 1 saturated heterocycles. The second kappa shape index (κ2) is 11.3. The standard InChI is InChI=1S/C28H35F2N3O2/c1-19-17-32(13-14-33(19)28(35)22-8-3-4-9-22)18-23-15-24(29)16-26(20(23)2)31-27(34)12-11-21-7-5-6-10-25(21)30/h5-7,10,15-16,19,22H,3-4,8-9,11-14,17-18H2,1-2H3,(H,31,34)/t19-/m0/s1. The summed E-state index contributed by atoms with van der Waals surface area (Å²) >= 11 is 0. The van der Waals surface area contributed by atoms with E-state index in [4.69, 9.17) is 0 Å². The molecule has 2 fully saturated rings. The Morgan fingerprint density at radius 1 is 1.06 bits per heavy atom. The van der Waals surface area contributed by atoms with Crippen molar-refractivity contribution in [3.8, 4) is 0 Å². The fourth-order valence-electron chi connectivity index (χ4n) is 5.34. The summed E-state index contributed by atoms with van der Waals surface area (Å²) in [6.45, 7) is 6.67. The highest BCUT2D eigenvalue weighted by Gasteiger charge is 2.33. The quantitative estimate of drug-likeness (QED) is 0.599. The number of rotatable bonds is 7. The number of benzene rings is 2. The Morgan fingerprint density at radius 3 is 2.51 bits per heavy atom. The highest BCUT2D eigenvalue weighted by atomic mass is 19.1. The second-order valence-electron chi connectivity index (χ2n) is 9.97. The van der Waals surface area contributed by atoms with Gasteiger partial charge in [-0.3, -0.25) is 14.5 Å². The smallest absolute Gasteiger partial charge is 0.226 e. The summed E-state index contributed by atoms with van der Waals surface area (Å²) in [5, 5.41) is 2.81. The summed E-state index contributed by atoms with van der Waals surface area (Å²) in [6.07, 6.45) is 4.69. The summed E-state index contributed by atoms with van der Waals surface area (Å²) in [4.78, 5) is 29.7. The largest absolute Gasteiger partial charge is 0.337 e. The van der Waals surface area contributed by atoms with E-state index in [-0.39, 0.29) is 42.4 Å². The van der Waals surface area contributed by atoms with Gasteiger partial charge in [0.05, 0.1) is 0 Å². The van der Waals surface area contributed by atoms with E-state index in [1.165, 1.54) is 18.2 Å². The van der Waals surface area contributed by atoms with E-state index in [1.54, 1.807) is 18.2 Å². The van der Waals surface area contributed by atoms with Gasteiger partial charge in [0.1, 0.15) is 11.6 Å². The van der Waals surface area contributed by atoms with Crippen LogP contribution in [0.25, 0.3) is 0 Å². The molecule has 1 heterocycles. The topological polar surface area (TPSA) is 52.6 Å². The van der Waals surface area contributed by atoms with Crippen LogP contribution in [0.4, 0.5) is 14.5 Å². The first kappa shape index (κ1) is 25.3. The van der Waals surface area contributed by atoms with Gasteiger partial charge in [-0.15, -0.1) is 0 Å². The molecule has 188 valence electrons. The molecule has 0 radical (unpaired) electrons. The van der Waals surface area contributed by atoms with Crippen LogP contribution >= 0.6 is 0 Å². The maximum Gasteiger partial charge on any atom is 0.226 e. The molecule has 0 unspecified atom stereocenters. The zero-order valence-corrected chi connectivity index (χ0v) is 20.7. The van der Waals surface area contributed by atoms with Crippen LogP contribution in [0.5, 0.6) is 0 Å². The SMILES string of the molecule is Cc1c(CN2CCN(C(=O)C3CCCC3)[C@@H](C)C2)cc(F)cc1NC(=O)CCc1ccccc1F. The third-order valence-corrected chi connectivity index (χ3v) is 7.43. The Bertz CT molecular complexity index is 1070. The van der Waals surface area contributed by atoms with E-state index in [2.05, 4.69) is 17.1 Å². The number of nitrogens with zero attached hydrogens (tertiary/aromatic N) is 2. The van der Waals surface area contributed by atoms with E-state index in [0.29, 0.717) is 24.3 Å². The van der Waals surface area contributed by atoms with Crippen molar-refractivity contribution >= 4 is 17.5 Å². The molecule has 0 bridgehead atoms. The zero-order valence-electron chi connectivity index (χ0n) is 20.7. The van der Waals surface area contributed by atoms with Gasteiger partial charge < -0.3 is 10.2 Å². The fraction of sp³-hybridized carbons (Fsp3) is 0.500. The van der Waals surface area contributed by atoms with Crippen LogP contribution in [-0.2, 0) is 22.6 Å². The number of halogens is 2. The number of carbonyl (C=O) groups is 2. The van der Waals surface area contributed by atoms with Crippen LogP contribution in [0.2, 0.25) is 0 Å². The molecule has 0 spiro atoms. The molecular formula is C28H35F2N3O2. The van der Waals surface area contributed by atoms with Gasteiger partial charge in [-0.25, -0.2) is 8.78 Å². The average Bonchev–Trinajstić information content (AvgIpc) is 3.36. The molecule has 2 aromatic carbocycles. The molecule has 5 nitrogen and oxygen atoms in total. The monoisotopic (exact) mass is 483 g/mol. The normalized spacial score (nSPS) is 19.2. The average molecular weight is 484 g/mol. The molecule has 35 heavy (non-hydrogen) atoms. The lowest BCUT2D eigenvalue weighted by Crippen LogP contribution is -2.54. The van der Waals surface area contributed by atoms with Crippen LogP contribution in [0.1, 0.15) is 55.7 Å². The van der Waals surface area contributed by atoms with Crippen molar-refractivity contribution in [3.63, 3.8) is 0 Å². The van der Waals surface area contributed by atoms with Crippen molar-refractivity contribution in [1.29, 1.82) is 0 Å². The van der Waals surface area contributed by atoms with Crippen LogP contribution in [0, 0.1) is 24.5 Å². The van der Waals surface area contributed by atoms with E-state index < -0.39 is 5.82 Å². The molecule has 1 aliphatic carbocycles. The van der Waals surface area contributed by atoms with Crippen molar-refractivity contribution in [2.24, 2.45) is 5.92 Å². The van der Waals surface area contributed by atoms with Crippen molar-refractivity contribution in [3.05, 3.63) is 64.7 Å². The number of hydrogen-bond donors (Lipinski definition) is 1. The van der Waals surface area contributed by atoms with E-state index >= 15 is 0 Å². The van der Waals surface area contributed by atoms with Gasteiger partial charge in [-0.05, 0) is 68.0 Å². The summed E-state index contributed by atoms with van der Waals surface area (Å²) in [7, 11) is 0. The number of amides is 2. The second-order valence-corrected chi connectivity index (χ2v) is 9.97. The summed E-state index contributed by atoms with van der Waals surface area (Å²) < 4.78 is 28.3. The molecule has 1 atom stereocenters. The van der Waals surface area contributed by atoms with Gasteiger partial charge in [0, 0.05) is 50.2 Å². The molecule has 0 aromatic heterocycles. The third-order valence-electron chi connectivity index (χ3n) is 7.43. The van der Waals surface area contributed by atoms with E-state index in [9.17, 15) is 18.4 Å². The molecular weight excluding hydrogens is 448 g/mol. The minimum absolute atomic E-state index is 0.112. The third kappa shape index (κ3) is 6.26. The van der Waals surface area contributed by atoms with Crippen molar-refractivity contribution in [2.75, 3.05) is 25.0 Å². The molecule has 2 aliphatic rings. The zero-order chi connectivity index (χ0) is 24.9. The van der Waals surface area contributed by atoms with Gasteiger partial charge in [0.25, 0.3) is 0 Å². The summed E-state index contributed by atoms with van der Waals surface area (Å²) in [5.41, 5.74) is 2.57. The van der Waals surface area contributed by atoms with E-state index in [0.717, 1.165) is 49.9 Å². The van der Waals surface area contributed by atoms with Crippen LogP contribution in [0.15, 0.2) is 36.4 Å². The van der Waals surface area contributed by atoms with Gasteiger partial charge in [-0.1, -0.05) is 31.0 Å². The van der Waals surface area contributed by atoms with Gasteiger partial charge in [-0.2, -0.15) is 0 Å². The molecule has 2 aromatic rings. The summed E-state index contributed by atoms with van der Waals surface area (Å²) in [6, 6.07) is 9.36. The number of piperazine rings is 1. The Morgan fingerprint density at radius 2 is 1.80 bits per heavy atom. The lowest BCUT2D eigenvalue weighted by Gasteiger charge is -2.41. The highest BCUT2D eigenvalue weighted by Crippen LogP contribution is 2.29. The van der Waals surface area contributed by atoms with Crippen LogP contribution in [-0.4, -0.2) is 47.3 Å². The first-order valence-electron chi connectivity index (χ1n) is 12.7. The lowest BCUT2D eigenvalue weighted by atomic mass is 10.0. The Labute approximate surface area is 206 Å². The molecule has 7 heteroatoms. The first-order valence-corrected chi connectivity index (χ1v) is 12.7. The number of aryl methyl sites for hydroxylation is 1. The fourth-order valence-corrected chi connectivity index (χ4v) is 5.34.